The third kappa shape index (κ3) is 3.46. The molecule has 1 heterocycles. The molecule has 1 saturated heterocycles. The molecule has 0 bridgehead atoms. The van der Waals surface area contributed by atoms with Crippen LogP contribution in [0.3, 0.4) is 0 Å². The molecule has 0 aliphatic carbocycles. The summed E-state index contributed by atoms with van der Waals surface area (Å²) in [6.07, 6.45) is 2.40. The summed E-state index contributed by atoms with van der Waals surface area (Å²) < 4.78 is 5.14. The quantitative estimate of drug-likeness (QED) is 0.709. The van der Waals surface area contributed by atoms with Gasteiger partial charge in [-0.15, -0.1) is 6.58 Å². The van der Waals surface area contributed by atoms with E-state index in [9.17, 15) is 9.59 Å². The normalized spacial score (nSPS) is 24.3. The smallest absolute Gasteiger partial charge is 0.317 e. The molecule has 1 fully saturated rings. The molecule has 0 radical (unpaired) electrons. The molecule has 2 N–H and O–H groups in total. The van der Waals surface area contributed by atoms with Gasteiger partial charge in [-0.3, -0.25) is 4.79 Å². The van der Waals surface area contributed by atoms with Crippen LogP contribution in [0.1, 0.15) is 13.3 Å². The summed E-state index contributed by atoms with van der Waals surface area (Å²) in [5.74, 6) is -1.59. The van der Waals surface area contributed by atoms with Gasteiger partial charge < -0.3 is 20.1 Å². The molecular formula is C12H20N2O4. The average Bonchev–Trinajstić information content (AvgIpc) is 2.76. The Labute approximate surface area is 107 Å². The largest absolute Gasteiger partial charge is 0.481 e. The van der Waals surface area contributed by atoms with Gasteiger partial charge in [-0.1, -0.05) is 6.08 Å². The molecule has 1 rings (SSSR count). The Bertz CT molecular complexity index is 332. The van der Waals surface area contributed by atoms with E-state index in [1.54, 1.807) is 13.1 Å². The van der Waals surface area contributed by atoms with Gasteiger partial charge in [0.2, 0.25) is 0 Å². The molecule has 0 aromatic heterocycles. The molecule has 0 aromatic rings. The Morgan fingerprint density at radius 1 is 1.61 bits per heavy atom. The zero-order valence-electron chi connectivity index (χ0n) is 10.8. The van der Waals surface area contributed by atoms with Crippen molar-refractivity contribution in [2.24, 2.45) is 5.92 Å². The Hall–Kier alpha value is -1.56. The zero-order chi connectivity index (χ0) is 13.7. The second kappa shape index (κ2) is 6.39. The first-order valence-corrected chi connectivity index (χ1v) is 5.92. The van der Waals surface area contributed by atoms with Gasteiger partial charge in [-0.2, -0.15) is 0 Å². The maximum absolute atomic E-state index is 11.9. The van der Waals surface area contributed by atoms with Crippen molar-refractivity contribution in [3.63, 3.8) is 0 Å². The van der Waals surface area contributed by atoms with Crippen LogP contribution in [-0.4, -0.2) is 54.4 Å². The van der Waals surface area contributed by atoms with Crippen molar-refractivity contribution < 1.29 is 19.4 Å². The van der Waals surface area contributed by atoms with Crippen LogP contribution in [0.2, 0.25) is 0 Å². The van der Waals surface area contributed by atoms with Crippen molar-refractivity contribution in [3.8, 4) is 0 Å². The molecule has 6 nitrogen and oxygen atoms in total. The SMILES string of the molecule is C=CCC(C)NC(=O)N(C)C1COCC1C(=O)O. The molecule has 1 aliphatic rings. The van der Waals surface area contributed by atoms with E-state index in [-0.39, 0.29) is 25.3 Å². The minimum Gasteiger partial charge on any atom is -0.481 e. The van der Waals surface area contributed by atoms with Crippen LogP contribution < -0.4 is 5.32 Å². The number of carboxylic acids is 1. The fourth-order valence-corrected chi connectivity index (χ4v) is 1.93. The van der Waals surface area contributed by atoms with Crippen molar-refractivity contribution in [1.82, 2.24) is 10.2 Å². The summed E-state index contributed by atoms with van der Waals surface area (Å²) in [5, 5.41) is 11.8. The second-order valence-electron chi connectivity index (χ2n) is 4.54. The maximum atomic E-state index is 11.9. The van der Waals surface area contributed by atoms with E-state index in [0.29, 0.717) is 6.42 Å². The van der Waals surface area contributed by atoms with E-state index in [1.807, 2.05) is 6.92 Å². The second-order valence-corrected chi connectivity index (χ2v) is 4.54. The summed E-state index contributed by atoms with van der Waals surface area (Å²) in [6, 6.07) is -0.729. The molecule has 0 spiro atoms. The molecule has 3 atom stereocenters. The van der Waals surface area contributed by atoms with Gasteiger partial charge in [0.15, 0.2) is 0 Å². The van der Waals surface area contributed by atoms with Gasteiger partial charge in [-0.25, -0.2) is 4.79 Å². The first-order valence-electron chi connectivity index (χ1n) is 5.92. The van der Waals surface area contributed by atoms with Crippen LogP contribution in [0.4, 0.5) is 4.79 Å². The summed E-state index contributed by atoms with van der Waals surface area (Å²) in [5.41, 5.74) is 0. The van der Waals surface area contributed by atoms with Crippen LogP contribution in [0.15, 0.2) is 12.7 Å². The van der Waals surface area contributed by atoms with Crippen LogP contribution >= 0.6 is 0 Å². The molecular weight excluding hydrogens is 236 g/mol. The first-order chi connectivity index (χ1) is 8.47. The molecule has 1 aliphatic heterocycles. The Kier molecular flexibility index (Phi) is 5.15. The van der Waals surface area contributed by atoms with Crippen molar-refractivity contribution in [2.45, 2.75) is 25.4 Å². The monoisotopic (exact) mass is 256 g/mol. The standard InChI is InChI=1S/C12H20N2O4/c1-4-5-8(2)13-12(17)14(3)10-7-18-6-9(10)11(15)16/h4,8-10H,1,5-7H2,2-3H3,(H,13,17)(H,15,16). The molecule has 0 aromatic carbocycles. The summed E-state index contributed by atoms with van der Waals surface area (Å²) >= 11 is 0. The molecule has 0 saturated carbocycles. The number of carbonyl (C=O) groups is 2. The van der Waals surface area contributed by atoms with Gasteiger partial charge >= 0.3 is 12.0 Å². The Balaban J connectivity index is 2.57. The van der Waals surface area contributed by atoms with Crippen molar-refractivity contribution in [1.29, 1.82) is 0 Å². The minimum atomic E-state index is -0.934. The fourth-order valence-electron chi connectivity index (χ4n) is 1.93. The summed E-state index contributed by atoms with van der Waals surface area (Å²) in [7, 11) is 1.59. The van der Waals surface area contributed by atoms with Crippen molar-refractivity contribution in [3.05, 3.63) is 12.7 Å². The highest BCUT2D eigenvalue weighted by molar-refractivity contribution is 5.77. The van der Waals surface area contributed by atoms with Gasteiger partial charge in [-0.05, 0) is 13.3 Å². The van der Waals surface area contributed by atoms with E-state index in [1.165, 1.54) is 4.90 Å². The van der Waals surface area contributed by atoms with Crippen LogP contribution in [0.25, 0.3) is 0 Å². The van der Waals surface area contributed by atoms with E-state index >= 15 is 0 Å². The topological polar surface area (TPSA) is 78.9 Å². The van der Waals surface area contributed by atoms with Crippen LogP contribution in [-0.2, 0) is 9.53 Å². The van der Waals surface area contributed by atoms with Gasteiger partial charge in [0.1, 0.15) is 5.92 Å². The minimum absolute atomic E-state index is 0.0250. The predicted molar refractivity (Wildman–Crippen MR) is 66.3 cm³/mol. The fraction of sp³-hybridized carbons (Fsp3) is 0.667. The van der Waals surface area contributed by atoms with Crippen molar-refractivity contribution in [2.75, 3.05) is 20.3 Å². The number of hydrogen-bond donors (Lipinski definition) is 2. The lowest BCUT2D eigenvalue weighted by Crippen LogP contribution is -2.50. The number of amides is 2. The third-order valence-corrected chi connectivity index (χ3v) is 3.08. The van der Waals surface area contributed by atoms with Crippen molar-refractivity contribution >= 4 is 12.0 Å². The number of rotatable bonds is 5. The molecule has 2 amide bonds. The third-order valence-electron chi connectivity index (χ3n) is 3.08. The number of hydrogen-bond acceptors (Lipinski definition) is 3. The number of aliphatic carboxylic acids is 1. The number of carbonyl (C=O) groups excluding carboxylic acids is 1. The highest BCUT2D eigenvalue weighted by atomic mass is 16.5. The van der Waals surface area contributed by atoms with E-state index < -0.39 is 17.9 Å². The number of likely N-dealkylation sites (N-methyl/N-ethyl adjacent to an activating group) is 1. The van der Waals surface area contributed by atoms with Gasteiger partial charge in [0, 0.05) is 13.1 Å². The maximum Gasteiger partial charge on any atom is 0.317 e. The highest BCUT2D eigenvalue weighted by Gasteiger charge is 2.38. The lowest BCUT2D eigenvalue weighted by molar-refractivity contribution is -0.142. The average molecular weight is 256 g/mol. The summed E-state index contributed by atoms with van der Waals surface area (Å²) in [4.78, 5) is 24.3. The number of urea groups is 1. The molecule has 102 valence electrons. The van der Waals surface area contributed by atoms with Gasteiger partial charge in [0.05, 0.1) is 19.3 Å². The van der Waals surface area contributed by atoms with E-state index in [0.717, 1.165) is 0 Å². The first kappa shape index (κ1) is 14.5. The zero-order valence-corrected chi connectivity index (χ0v) is 10.8. The summed E-state index contributed by atoms with van der Waals surface area (Å²) in [6.45, 7) is 5.88. The van der Waals surface area contributed by atoms with Crippen LogP contribution in [0, 0.1) is 5.92 Å². The Morgan fingerprint density at radius 2 is 2.28 bits per heavy atom. The predicted octanol–water partition coefficient (Wildman–Crippen LogP) is 0.692. The lowest BCUT2D eigenvalue weighted by atomic mass is 10.0. The number of carboxylic acid groups (broad SMARTS) is 1. The van der Waals surface area contributed by atoms with Gasteiger partial charge in [0.25, 0.3) is 0 Å². The Morgan fingerprint density at radius 3 is 2.83 bits per heavy atom. The number of nitrogens with one attached hydrogen (secondary N) is 1. The number of ether oxygens (including phenoxy) is 1. The van der Waals surface area contributed by atoms with Crippen LogP contribution in [0.5, 0.6) is 0 Å². The lowest BCUT2D eigenvalue weighted by Gasteiger charge is -2.27. The molecule has 3 unspecified atom stereocenters. The number of nitrogens with zero attached hydrogens (tertiary/aromatic N) is 1. The molecule has 18 heavy (non-hydrogen) atoms. The highest BCUT2D eigenvalue weighted by Crippen LogP contribution is 2.19. The van der Waals surface area contributed by atoms with E-state index in [2.05, 4.69) is 11.9 Å². The van der Waals surface area contributed by atoms with E-state index in [4.69, 9.17) is 9.84 Å². The molecule has 6 heteroatoms.